The first kappa shape index (κ1) is 14.5. The van der Waals surface area contributed by atoms with Crippen LogP contribution in [0, 0.1) is 0 Å². The molecule has 1 fully saturated rings. The molecule has 0 bridgehead atoms. The van der Waals surface area contributed by atoms with Gasteiger partial charge in [-0.15, -0.1) is 0 Å². The SMILES string of the molecule is CC(CCN)N(C)C(C)C(=O)NC1CCCC1. The van der Waals surface area contributed by atoms with Crippen molar-refractivity contribution >= 4 is 5.91 Å². The largest absolute Gasteiger partial charge is 0.352 e. The van der Waals surface area contributed by atoms with Gasteiger partial charge in [-0.2, -0.15) is 0 Å². The van der Waals surface area contributed by atoms with Crippen LogP contribution in [-0.2, 0) is 4.79 Å². The summed E-state index contributed by atoms with van der Waals surface area (Å²) in [4.78, 5) is 14.2. The van der Waals surface area contributed by atoms with E-state index in [2.05, 4.69) is 17.1 Å². The van der Waals surface area contributed by atoms with Crippen LogP contribution in [0.15, 0.2) is 0 Å². The van der Waals surface area contributed by atoms with E-state index in [-0.39, 0.29) is 11.9 Å². The summed E-state index contributed by atoms with van der Waals surface area (Å²) in [7, 11) is 2.00. The van der Waals surface area contributed by atoms with Crippen LogP contribution in [0.4, 0.5) is 0 Å². The predicted molar refractivity (Wildman–Crippen MR) is 70.8 cm³/mol. The first-order chi connectivity index (χ1) is 8.06. The van der Waals surface area contributed by atoms with Crippen molar-refractivity contribution in [1.29, 1.82) is 0 Å². The average molecular weight is 241 g/mol. The van der Waals surface area contributed by atoms with E-state index in [1.807, 2.05) is 14.0 Å². The number of likely N-dealkylation sites (N-methyl/N-ethyl adjacent to an activating group) is 1. The molecule has 0 aromatic carbocycles. The summed E-state index contributed by atoms with van der Waals surface area (Å²) >= 11 is 0. The smallest absolute Gasteiger partial charge is 0.237 e. The molecule has 4 heteroatoms. The van der Waals surface area contributed by atoms with Crippen LogP contribution in [0.3, 0.4) is 0 Å². The maximum absolute atomic E-state index is 12.1. The lowest BCUT2D eigenvalue weighted by Crippen LogP contribution is -2.49. The number of nitrogens with one attached hydrogen (secondary N) is 1. The first-order valence-corrected chi connectivity index (χ1v) is 6.78. The van der Waals surface area contributed by atoms with E-state index in [1.54, 1.807) is 0 Å². The molecule has 1 saturated carbocycles. The van der Waals surface area contributed by atoms with Gasteiger partial charge < -0.3 is 11.1 Å². The van der Waals surface area contributed by atoms with E-state index < -0.39 is 0 Å². The van der Waals surface area contributed by atoms with E-state index in [1.165, 1.54) is 12.8 Å². The molecule has 1 amide bonds. The average Bonchev–Trinajstić information content (AvgIpc) is 2.80. The lowest BCUT2D eigenvalue weighted by atomic mass is 10.1. The molecule has 0 heterocycles. The van der Waals surface area contributed by atoms with Gasteiger partial charge in [-0.3, -0.25) is 9.69 Å². The van der Waals surface area contributed by atoms with Crippen molar-refractivity contribution < 1.29 is 4.79 Å². The quantitative estimate of drug-likeness (QED) is 0.732. The van der Waals surface area contributed by atoms with Gasteiger partial charge in [0.05, 0.1) is 6.04 Å². The van der Waals surface area contributed by atoms with Gasteiger partial charge in [-0.25, -0.2) is 0 Å². The molecular formula is C13H27N3O. The third kappa shape index (κ3) is 4.28. The van der Waals surface area contributed by atoms with Crippen molar-refractivity contribution in [2.75, 3.05) is 13.6 Å². The van der Waals surface area contributed by atoms with Crippen molar-refractivity contribution in [3.63, 3.8) is 0 Å². The predicted octanol–water partition coefficient (Wildman–Crippen LogP) is 1.10. The summed E-state index contributed by atoms with van der Waals surface area (Å²) in [6, 6.07) is 0.685. The number of nitrogens with two attached hydrogens (primary N) is 1. The second-order valence-corrected chi connectivity index (χ2v) is 5.26. The highest BCUT2D eigenvalue weighted by molar-refractivity contribution is 5.81. The second kappa shape index (κ2) is 6.97. The van der Waals surface area contributed by atoms with Gasteiger partial charge in [0.15, 0.2) is 0 Å². The molecule has 1 rings (SSSR count). The number of carbonyl (C=O) groups excluding carboxylic acids is 1. The Morgan fingerprint density at radius 2 is 2.00 bits per heavy atom. The van der Waals surface area contributed by atoms with Gasteiger partial charge >= 0.3 is 0 Å². The number of hydrogen-bond donors (Lipinski definition) is 2. The van der Waals surface area contributed by atoms with Crippen molar-refractivity contribution in [2.45, 2.75) is 64.1 Å². The van der Waals surface area contributed by atoms with Crippen molar-refractivity contribution in [1.82, 2.24) is 10.2 Å². The lowest BCUT2D eigenvalue weighted by Gasteiger charge is -2.30. The normalized spacial score (nSPS) is 20.5. The highest BCUT2D eigenvalue weighted by Gasteiger charge is 2.24. The molecule has 0 aromatic heterocycles. The minimum atomic E-state index is -0.0721. The first-order valence-electron chi connectivity index (χ1n) is 6.78. The summed E-state index contributed by atoms with van der Waals surface area (Å²) in [5, 5.41) is 3.14. The molecule has 0 saturated heterocycles. The Labute approximate surface area is 105 Å². The molecule has 2 unspecified atom stereocenters. The molecular weight excluding hydrogens is 214 g/mol. The van der Waals surface area contributed by atoms with Gasteiger partial charge in [0, 0.05) is 12.1 Å². The molecule has 100 valence electrons. The second-order valence-electron chi connectivity index (χ2n) is 5.26. The molecule has 4 nitrogen and oxygen atoms in total. The fourth-order valence-electron chi connectivity index (χ4n) is 2.40. The Hall–Kier alpha value is -0.610. The Kier molecular flexibility index (Phi) is 5.92. The highest BCUT2D eigenvalue weighted by atomic mass is 16.2. The molecule has 17 heavy (non-hydrogen) atoms. The zero-order valence-electron chi connectivity index (χ0n) is 11.4. The topological polar surface area (TPSA) is 58.4 Å². The fourth-order valence-corrected chi connectivity index (χ4v) is 2.40. The molecule has 0 spiro atoms. The Morgan fingerprint density at radius 3 is 2.53 bits per heavy atom. The van der Waals surface area contributed by atoms with Crippen LogP contribution in [0.2, 0.25) is 0 Å². The maximum atomic E-state index is 12.1. The van der Waals surface area contributed by atoms with E-state index >= 15 is 0 Å². The molecule has 2 atom stereocenters. The van der Waals surface area contributed by atoms with Gasteiger partial charge in [0.25, 0.3) is 0 Å². The monoisotopic (exact) mass is 241 g/mol. The van der Waals surface area contributed by atoms with Crippen LogP contribution in [0.25, 0.3) is 0 Å². The summed E-state index contributed by atoms with van der Waals surface area (Å²) in [6.07, 6.45) is 5.70. The summed E-state index contributed by atoms with van der Waals surface area (Å²) in [6.45, 7) is 4.76. The number of hydrogen-bond acceptors (Lipinski definition) is 3. The Bertz CT molecular complexity index is 239. The molecule has 0 aromatic rings. The molecule has 1 aliphatic carbocycles. The summed E-state index contributed by atoms with van der Waals surface area (Å²) in [5.41, 5.74) is 5.55. The van der Waals surface area contributed by atoms with E-state index in [0.717, 1.165) is 19.3 Å². The van der Waals surface area contributed by atoms with Gasteiger partial charge in [0.2, 0.25) is 5.91 Å². The van der Waals surface area contributed by atoms with E-state index in [9.17, 15) is 4.79 Å². The van der Waals surface area contributed by atoms with Gasteiger partial charge in [-0.1, -0.05) is 12.8 Å². The third-order valence-electron chi connectivity index (χ3n) is 3.97. The van der Waals surface area contributed by atoms with Gasteiger partial charge in [0.1, 0.15) is 0 Å². The van der Waals surface area contributed by atoms with Crippen LogP contribution in [0.1, 0.15) is 46.0 Å². The molecule has 0 aliphatic heterocycles. The summed E-state index contributed by atoms with van der Waals surface area (Å²) in [5.74, 6) is 0.156. The van der Waals surface area contributed by atoms with Crippen molar-refractivity contribution in [3.05, 3.63) is 0 Å². The van der Waals surface area contributed by atoms with Crippen molar-refractivity contribution in [2.24, 2.45) is 5.73 Å². The number of rotatable bonds is 6. The van der Waals surface area contributed by atoms with Crippen LogP contribution >= 0.6 is 0 Å². The minimum absolute atomic E-state index is 0.0721. The van der Waals surface area contributed by atoms with Crippen LogP contribution in [0.5, 0.6) is 0 Å². The van der Waals surface area contributed by atoms with Gasteiger partial charge in [-0.05, 0) is 46.7 Å². The fraction of sp³-hybridized carbons (Fsp3) is 0.923. The molecule has 3 N–H and O–H groups in total. The Balaban J connectivity index is 2.38. The summed E-state index contributed by atoms with van der Waals surface area (Å²) < 4.78 is 0. The number of nitrogens with zero attached hydrogens (tertiary/aromatic N) is 1. The maximum Gasteiger partial charge on any atom is 0.237 e. The van der Waals surface area contributed by atoms with Crippen LogP contribution < -0.4 is 11.1 Å². The Morgan fingerprint density at radius 1 is 1.41 bits per heavy atom. The zero-order valence-corrected chi connectivity index (χ0v) is 11.4. The third-order valence-corrected chi connectivity index (χ3v) is 3.97. The highest BCUT2D eigenvalue weighted by Crippen LogP contribution is 2.18. The standard InChI is InChI=1S/C13H27N3O/c1-10(8-9-14)16(3)11(2)13(17)15-12-6-4-5-7-12/h10-12H,4-9,14H2,1-3H3,(H,15,17). The van der Waals surface area contributed by atoms with Crippen molar-refractivity contribution in [3.8, 4) is 0 Å². The van der Waals surface area contributed by atoms with E-state index in [0.29, 0.717) is 18.6 Å². The molecule has 0 radical (unpaired) electrons. The number of amides is 1. The van der Waals surface area contributed by atoms with E-state index in [4.69, 9.17) is 5.73 Å². The number of carbonyl (C=O) groups is 1. The zero-order chi connectivity index (χ0) is 12.8. The molecule has 1 aliphatic rings. The lowest BCUT2D eigenvalue weighted by molar-refractivity contribution is -0.126. The minimum Gasteiger partial charge on any atom is -0.352 e. The van der Waals surface area contributed by atoms with Crippen LogP contribution in [-0.4, -0.2) is 42.5 Å².